The Labute approximate surface area is 301 Å². The van der Waals surface area contributed by atoms with Crippen LogP contribution in [0.25, 0.3) is 44.2 Å². The summed E-state index contributed by atoms with van der Waals surface area (Å²) in [5.41, 5.74) is 13.8. The van der Waals surface area contributed by atoms with Crippen molar-refractivity contribution in [2.45, 2.75) is 5.41 Å². The third-order valence-corrected chi connectivity index (χ3v) is 10.9. The van der Waals surface area contributed by atoms with Crippen LogP contribution < -0.4 is 9.64 Å². The second kappa shape index (κ2) is 11.1. The fourth-order valence-electron chi connectivity index (χ4n) is 8.76. The molecule has 2 heterocycles. The SMILES string of the molecule is c1ccc(-c2cccc(N(c3ccccc3)c3cccc4c3oc3cc5c(cc34)-c3ccccc3C53c4ccccc4Oc4ccccc43)c2)cc1. The monoisotopic (exact) mass is 665 g/mol. The van der Waals surface area contributed by atoms with Crippen LogP contribution in [-0.2, 0) is 5.41 Å². The molecule has 0 fully saturated rings. The number of rotatable bonds is 4. The molecule has 0 radical (unpaired) electrons. The van der Waals surface area contributed by atoms with Gasteiger partial charge in [0.05, 0.1) is 11.1 Å². The first kappa shape index (κ1) is 28.9. The van der Waals surface area contributed by atoms with Gasteiger partial charge in [0.25, 0.3) is 0 Å². The zero-order valence-corrected chi connectivity index (χ0v) is 28.2. The van der Waals surface area contributed by atoms with Gasteiger partial charge in [0.15, 0.2) is 5.58 Å². The van der Waals surface area contributed by atoms with E-state index in [2.05, 4.69) is 193 Å². The number of nitrogens with zero attached hydrogens (tertiary/aromatic N) is 1. The average Bonchev–Trinajstić information content (AvgIpc) is 3.72. The number of hydrogen-bond donors (Lipinski definition) is 0. The molecule has 1 aromatic heterocycles. The van der Waals surface area contributed by atoms with E-state index in [1.54, 1.807) is 0 Å². The standard InChI is InChI=1S/C49H31NO2/c1-3-15-32(16-4-1)33-17-13-20-35(29-33)50(34-18-5-2-6-19-34)44-26-14-22-37-39-30-38-36-21-7-8-23-40(36)49(43(38)31-47(39)52-48(37)44)41-24-9-11-27-45(41)51-46-28-12-10-25-42(46)49/h1-31H. The molecule has 1 spiro atoms. The molecule has 2 aliphatic rings. The Morgan fingerprint density at radius 1 is 0.404 bits per heavy atom. The van der Waals surface area contributed by atoms with E-state index in [-0.39, 0.29) is 0 Å². The number of para-hydroxylation sites is 4. The first-order valence-corrected chi connectivity index (χ1v) is 17.8. The smallest absolute Gasteiger partial charge is 0.159 e. The van der Waals surface area contributed by atoms with Crippen LogP contribution in [0.3, 0.4) is 0 Å². The van der Waals surface area contributed by atoms with E-state index in [1.165, 1.54) is 27.8 Å². The predicted molar refractivity (Wildman–Crippen MR) is 211 cm³/mol. The summed E-state index contributed by atoms with van der Waals surface area (Å²) in [6.07, 6.45) is 0. The van der Waals surface area contributed by atoms with Gasteiger partial charge in [-0.25, -0.2) is 0 Å². The average molecular weight is 666 g/mol. The van der Waals surface area contributed by atoms with Crippen LogP contribution in [0.4, 0.5) is 17.1 Å². The highest BCUT2D eigenvalue weighted by atomic mass is 16.5. The Bertz CT molecular complexity index is 2790. The van der Waals surface area contributed by atoms with Crippen molar-refractivity contribution in [3.63, 3.8) is 0 Å². The number of hydrogen-bond acceptors (Lipinski definition) is 3. The molecule has 52 heavy (non-hydrogen) atoms. The minimum Gasteiger partial charge on any atom is -0.457 e. The highest BCUT2D eigenvalue weighted by molar-refractivity contribution is 6.12. The summed E-state index contributed by atoms with van der Waals surface area (Å²) >= 11 is 0. The van der Waals surface area contributed by atoms with Crippen molar-refractivity contribution in [2.75, 3.05) is 4.90 Å². The summed E-state index contributed by atoms with van der Waals surface area (Å²) in [5, 5.41) is 2.18. The molecule has 0 unspecified atom stereocenters. The van der Waals surface area contributed by atoms with E-state index in [0.717, 1.165) is 67.2 Å². The molecule has 1 aliphatic heterocycles. The summed E-state index contributed by atoms with van der Waals surface area (Å²) in [4.78, 5) is 2.31. The molecule has 0 atom stereocenters. The minimum atomic E-state index is -0.554. The molecule has 9 aromatic rings. The Kier molecular flexibility index (Phi) is 6.17. The van der Waals surface area contributed by atoms with Crippen molar-refractivity contribution in [1.29, 1.82) is 0 Å². The van der Waals surface area contributed by atoms with Gasteiger partial charge in [-0.1, -0.05) is 133 Å². The largest absolute Gasteiger partial charge is 0.457 e. The van der Waals surface area contributed by atoms with Gasteiger partial charge in [-0.2, -0.15) is 0 Å². The molecule has 0 saturated heterocycles. The van der Waals surface area contributed by atoms with Gasteiger partial charge in [0.2, 0.25) is 0 Å². The summed E-state index contributed by atoms with van der Waals surface area (Å²) < 4.78 is 13.6. The molecular formula is C49H31NO2. The van der Waals surface area contributed by atoms with E-state index in [4.69, 9.17) is 9.15 Å². The molecule has 0 saturated carbocycles. The van der Waals surface area contributed by atoms with E-state index in [1.807, 2.05) is 0 Å². The van der Waals surface area contributed by atoms with Crippen molar-refractivity contribution in [2.24, 2.45) is 0 Å². The fraction of sp³-hybridized carbons (Fsp3) is 0.0204. The van der Waals surface area contributed by atoms with Crippen molar-refractivity contribution in [1.82, 2.24) is 0 Å². The number of fused-ring (bicyclic) bond motifs is 12. The maximum Gasteiger partial charge on any atom is 0.159 e. The lowest BCUT2D eigenvalue weighted by molar-refractivity contribution is 0.436. The first-order valence-electron chi connectivity index (χ1n) is 17.8. The molecule has 0 bridgehead atoms. The van der Waals surface area contributed by atoms with Gasteiger partial charge in [0, 0.05) is 33.3 Å². The maximum absolute atomic E-state index is 7.08. The van der Waals surface area contributed by atoms with Gasteiger partial charge in [-0.3, -0.25) is 0 Å². The number of furan rings is 1. The van der Waals surface area contributed by atoms with Crippen LogP contribution in [-0.4, -0.2) is 0 Å². The fourth-order valence-corrected chi connectivity index (χ4v) is 8.76. The Balaban J connectivity index is 1.18. The Morgan fingerprint density at radius 2 is 1.02 bits per heavy atom. The lowest BCUT2D eigenvalue weighted by atomic mass is 9.66. The number of ether oxygens (including phenoxy) is 1. The molecule has 8 aromatic carbocycles. The van der Waals surface area contributed by atoms with E-state index >= 15 is 0 Å². The zero-order valence-electron chi connectivity index (χ0n) is 28.2. The van der Waals surface area contributed by atoms with Gasteiger partial charge < -0.3 is 14.1 Å². The van der Waals surface area contributed by atoms with Gasteiger partial charge in [-0.05, 0) is 88.0 Å². The van der Waals surface area contributed by atoms with Crippen molar-refractivity contribution in [3.05, 3.63) is 210 Å². The van der Waals surface area contributed by atoms with Crippen molar-refractivity contribution in [3.8, 4) is 33.8 Å². The normalized spacial score (nSPS) is 13.3. The minimum absolute atomic E-state index is 0.554. The number of anilines is 3. The Morgan fingerprint density at radius 3 is 1.79 bits per heavy atom. The summed E-state index contributed by atoms with van der Waals surface area (Å²) in [5.74, 6) is 1.76. The Hall–Kier alpha value is -6.84. The second-order valence-corrected chi connectivity index (χ2v) is 13.6. The molecular weight excluding hydrogens is 635 g/mol. The van der Waals surface area contributed by atoms with Gasteiger partial charge in [0.1, 0.15) is 17.1 Å². The van der Waals surface area contributed by atoms with Crippen LogP contribution in [0.15, 0.2) is 192 Å². The van der Waals surface area contributed by atoms with Crippen molar-refractivity contribution < 1.29 is 9.15 Å². The maximum atomic E-state index is 7.08. The lowest BCUT2D eigenvalue weighted by Gasteiger charge is -2.39. The van der Waals surface area contributed by atoms with Crippen LogP contribution in [0.5, 0.6) is 11.5 Å². The highest BCUT2D eigenvalue weighted by Crippen LogP contribution is 2.62. The third-order valence-electron chi connectivity index (χ3n) is 10.9. The molecule has 3 nitrogen and oxygen atoms in total. The van der Waals surface area contributed by atoms with E-state index in [0.29, 0.717) is 0 Å². The highest BCUT2D eigenvalue weighted by Gasteiger charge is 2.51. The van der Waals surface area contributed by atoms with Crippen LogP contribution >= 0.6 is 0 Å². The predicted octanol–water partition coefficient (Wildman–Crippen LogP) is 13.2. The molecule has 11 rings (SSSR count). The quantitative estimate of drug-likeness (QED) is 0.187. The summed E-state index contributed by atoms with van der Waals surface area (Å²) in [7, 11) is 0. The second-order valence-electron chi connectivity index (χ2n) is 13.6. The molecule has 0 amide bonds. The lowest BCUT2D eigenvalue weighted by Crippen LogP contribution is -2.32. The van der Waals surface area contributed by atoms with Gasteiger partial charge >= 0.3 is 0 Å². The van der Waals surface area contributed by atoms with E-state index in [9.17, 15) is 0 Å². The number of benzene rings is 8. The zero-order chi connectivity index (χ0) is 34.2. The third kappa shape index (κ3) is 4.02. The van der Waals surface area contributed by atoms with Crippen molar-refractivity contribution >= 4 is 39.0 Å². The summed E-state index contributed by atoms with van der Waals surface area (Å²) in [6.45, 7) is 0. The topological polar surface area (TPSA) is 25.6 Å². The van der Waals surface area contributed by atoms with Gasteiger partial charge in [-0.15, -0.1) is 0 Å². The summed E-state index contributed by atoms with van der Waals surface area (Å²) in [6, 6.07) is 66.9. The van der Waals surface area contributed by atoms with Crippen LogP contribution in [0.1, 0.15) is 22.3 Å². The molecule has 1 aliphatic carbocycles. The molecule has 244 valence electrons. The first-order chi connectivity index (χ1) is 25.8. The molecule has 0 N–H and O–H groups in total. The van der Waals surface area contributed by atoms with Crippen LogP contribution in [0.2, 0.25) is 0 Å². The van der Waals surface area contributed by atoms with E-state index < -0.39 is 5.41 Å². The molecule has 3 heteroatoms. The van der Waals surface area contributed by atoms with Crippen LogP contribution in [0, 0.1) is 0 Å².